The number of hydrogen-bond acceptors (Lipinski definition) is 2. The first-order valence-electron chi connectivity index (χ1n) is 6.71. The highest BCUT2D eigenvalue weighted by Gasteiger charge is 2.11. The molecular formula is C18H17NS. The Labute approximate surface area is 123 Å². The largest absolute Gasteiger partial charge is 0.324 e. The number of thiophene rings is 1. The lowest BCUT2D eigenvalue weighted by Crippen LogP contribution is -2.10. The van der Waals surface area contributed by atoms with Gasteiger partial charge in [-0.2, -0.15) is 0 Å². The smallest absolute Gasteiger partial charge is 0.0349 e. The van der Waals surface area contributed by atoms with Gasteiger partial charge in [0.2, 0.25) is 0 Å². The SMILES string of the molecule is C=C(CC(N)c1ccccc1)c1cc2ccccc2s1. The first-order valence-corrected chi connectivity index (χ1v) is 7.53. The number of rotatable bonds is 4. The van der Waals surface area contributed by atoms with E-state index in [1.54, 1.807) is 11.3 Å². The van der Waals surface area contributed by atoms with Gasteiger partial charge in [0.1, 0.15) is 0 Å². The van der Waals surface area contributed by atoms with E-state index >= 15 is 0 Å². The third-order valence-corrected chi connectivity index (χ3v) is 4.69. The average Bonchev–Trinajstić information content (AvgIpc) is 2.92. The molecule has 1 heterocycles. The second kappa shape index (κ2) is 5.61. The van der Waals surface area contributed by atoms with Crippen molar-refractivity contribution < 1.29 is 0 Å². The minimum Gasteiger partial charge on any atom is -0.324 e. The van der Waals surface area contributed by atoms with Crippen molar-refractivity contribution in [1.82, 2.24) is 0 Å². The molecule has 0 aliphatic rings. The number of benzene rings is 2. The fraction of sp³-hybridized carbons (Fsp3) is 0.111. The van der Waals surface area contributed by atoms with Crippen molar-refractivity contribution in [2.45, 2.75) is 12.5 Å². The Morgan fingerprint density at radius 1 is 1.05 bits per heavy atom. The summed E-state index contributed by atoms with van der Waals surface area (Å²) >= 11 is 1.79. The van der Waals surface area contributed by atoms with Gasteiger partial charge in [-0.1, -0.05) is 55.1 Å². The van der Waals surface area contributed by atoms with E-state index in [1.807, 2.05) is 18.2 Å². The summed E-state index contributed by atoms with van der Waals surface area (Å²) in [5.41, 5.74) is 8.55. The molecule has 2 heteroatoms. The predicted molar refractivity (Wildman–Crippen MR) is 88.8 cm³/mol. The van der Waals surface area contributed by atoms with Crippen LogP contribution in [0.15, 0.2) is 67.2 Å². The molecule has 0 amide bonds. The van der Waals surface area contributed by atoms with Crippen molar-refractivity contribution in [3.8, 4) is 0 Å². The van der Waals surface area contributed by atoms with Crippen LogP contribution >= 0.6 is 11.3 Å². The van der Waals surface area contributed by atoms with Crippen molar-refractivity contribution in [1.29, 1.82) is 0 Å². The van der Waals surface area contributed by atoms with Gasteiger partial charge in [-0.15, -0.1) is 11.3 Å². The van der Waals surface area contributed by atoms with Gasteiger partial charge in [-0.05, 0) is 35.1 Å². The molecule has 3 aromatic rings. The van der Waals surface area contributed by atoms with Gasteiger partial charge < -0.3 is 5.73 Å². The fourth-order valence-corrected chi connectivity index (χ4v) is 3.38. The highest BCUT2D eigenvalue weighted by atomic mass is 32.1. The molecule has 1 nitrogen and oxygen atoms in total. The summed E-state index contributed by atoms with van der Waals surface area (Å²) in [5, 5.41) is 1.28. The maximum absolute atomic E-state index is 6.27. The maximum atomic E-state index is 6.27. The molecule has 100 valence electrons. The molecule has 0 spiro atoms. The standard InChI is InChI=1S/C18H17NS/c1-13(11-16(19)14-7-3-2-4-8-14)18-12-15-9-5-6-10-17(15)20-18/h2-10,12,16H,1,11,19H2. The van der Waals surface area contributed by atoms with Crippen molar-refractivity contribution >= 4 is 27.0 Å². The Morgan fingerprint density at radius 2 is 1.75 bits per heavy atom. The molecule has 3 rings (SSSR count). The second-order valence-corrected chi connectivity index (χ2v) is 6.06. The Hall–Kier alpha value is -1.90. The summed E-state index contributed by atoms with van der Waals surface area (Å²) in [7, 11) is 0. The highest BCUT2D eigenvalue weighted by Crippen LogP contribution is 2.33. The van der Waals surface area contributed by atoms with Crippen molar-refractivity contribution in [2.75, 3.05) is 0 Å². The van der Waals surface area contributed by atoms with Gasteiger partial charge in [-0.3, -0.25) is 0 Å². The van der Waals surface area contributed by atoms with Crippen LogP contribution in [0.1, 0.15) is 22.9 Å². The first-order chi connectivity index (χ1) is 9.74. The molecule has 0 saturated heterocycles. The summed E-state index contributed by atoms with van der Waals surface area (Å²) in [6, 6.07) is 20.8. The van der Waals surface area contributed by atoms with Crippen LogP contribution < -0.4 is 5.73 Å². The molecule has 1 aromatic heterocycles. The quantitative estimate of drug-likeness (QED) is 0.714. The van der Waals surface area contributed by atoms with Gasteiger partial charge in [0.15, 0.2) is 0 Å². The predicted octanol–water partition coefficient (Wildman–Crippen LogP) is 5.00. The van der Waals surface area contributed by atoms with Crippen LogP contribution in [0, 0.1) is 0 Å². The maximum Gasteiger partial charge on any atom is 0.0349 e. The third kappa shape index (κ3) is 2.67. The second-order valence-electron chi connectivity index (χ2n) is 4.97. The van der Waals surface area contributed by atoms with E-state index in [0.717, 1.165) is 17.6 Å². The topological polar surface area (TPSA) is 26.0 Å². The summed E-state index contributed by atoms with van der Waals surface area (Å²) in [4.78, 5) is 1.23. The van der Waals surface area contributed by atoms with Crippen molar-refractivity contribution in [3.05, 3.63) is 77.7 Å². The van der Waals surface area contributed by atoms with Crippen molar-refractivity contribution in [2.24, 2.45) is 5.73 Å². The number of hydrogen-bond donors (Lipinski definition) is 1. The summed E-state index contributed by atoms with van der Waals surface area (Å²) < 4.78 is 1.30. The minimum atomic E-state index is 0.00825. The summed E-state index contributed by atoms with van der Waals surface area (Å²) in [6.07, 6.45) is 0.789. The summed E-state index contributed by atoms with van der Waals surface area (Å²) in [5.74, 6) is 0. The summed E-state index contributed by atoms with van der Waals surface area (Å²) in [6.45, 7) is 4.22. The van der Waals surface area contributed by atoms with Crippen LogP contribution in [-0.2, 0) is 0 Å². The molecule has 0 fully saturated rings. The van der Waals surface area contributed by atoms with Crippen LogP contribution in [0.5, 0.6) is 0 Å². The van der Waals surface area contributed by atoms with E-state index in [2.05, 4.69) is 49.0 Å². The molecule has 2 N–H and O–H groups in total. The van der Waals surface area contributed by atoms with Gasteiger partial charge in [0, 0.05) is 15.6 Å². The zero-order chi connectivity index (χ0) is 13.9. The zero-order valence-corrected chi connectivity index (χ0v) is 12.1. The van der Waals surface area contributed by atoms with E-state index in [-0.39, 0.29) is 6.04 Å². The highest BCUT2D eigenvalue weighted by molar-refractivity contribution is 7.20. The Balaban J connectivity index is 1.79. The molecule has 0 aliphatic carbocycles. The molecule has 2 aromatic carbocycles. The van der Waals surface area contributed by atoms with Crippen LogP contribution in [0.4, 0.5) is 0 Å². The van der Waals surface area contributed by atoms with Crippen LogP contribution in [0.2, 0.25) is 0 Å². The molecule has 1 unspecified atom stereocenters. The van der Waals surface area contributed by atoms with E-state index in [1.165, 1.54) is 15.0 Å². The lowest BCUT2D eigenvalue weighted by atomic mass is 10.00. The number of fused-ring (bicyclic) bond motifs is 1. The van der Waals surface area contributed by atoms with Crippen LogP contribution in [0.25, 0.3) is 15.7 Å². The normalized spacial score (nSPS) is 12.4. The lowest BCUT2D eigenvalue weighted by molar-refractivity contribution is 0.753. The minimum absolute atomic E-state index is 0.00825. The Kier molecular flexibility index (Phi) is 3.68. The molecule has 0 radical (unpaired) electrons. The van der Waals surface area contributed by atoms with E-state index < -0.39 is 0 Å². The molecule has 20 heavy (non-hydrogen) atoms. The van der Waals surface area contributed by atoms with E-state index in [0.29, 0.717) is 0 Å². The lowest BCUT2D eigenvalue weighted by Gasteiger charge is -2.12. The third-order valence-electron chi connectivity index (χ3n) is 3.47. The van der Waals surface area contributed by atoms with Gasteiger partial charge in [-0.25, -0.2) is 0 Å². The zero-order valence-electron chi connectivity index (χ0n) is 11.3. The molecule has 0 saturated carbocycles. The molecule has 1 atom stereocenters. The first kappa shape index (κ1) is 13.1. The van der Waals surface area contributed by atoms with Gasteiger partial charge in [0.25, 0.3) is 0 Å². The molecule has 0 bridgehead atoms. The van der Waals surface area contributed by atoms with E-state index in [9.17, 15) is 0 Å². The van der Waals surface area contributed by atoms with Gasteiger partial charge >= 0.3 is 0 Å². The van der Waals surface area contributed by atoms with Crippen molar-refractivity contribution in [3.63, 3.8) is 0 Å². The van der Waals surface area contributed by atoms with Gasteiger partial charge in [0.05, 0.1) is 0 Å². The Bertz CT molecular complexity index is 694. The number of nitrogens with two attached hydrogens (primary N) is 1. The monoisotopic (exact) mass is 279 g/mol. The molecular weight excluding hydrogens is 262 g/mol. The molecule has 0 aliphatic heterocycles. The fourth-order valence-electron chi connectivity index (χ4n) is 2.34. The average molecular weight is 279 g/mol. The van der Waals surface area contributed by atoms with Crippen LogP contribution in [-0.4, -0.2) is 0 Å². The Morgan fingerprint density at radius 3 is 2.50 bits per heavy atom. The van der Waals surface area contributed by atoms with E-state index in [4.69, 9.17) is 5.73 Å². The van der Waals surface area contributed by atoms with Crippen LogP contribution in [0.3, 0.4) is 0 Å².